The Bertz CT molecular complexity index is 864. The van der Waals surface area contributed by atoms with Crippen LogP contribution in [0.5, 0.6) is 0 Å². The fraction of sp³-hybridized carbons (Fsp3) is 0.815. The average molecular weight is 493 g/mol. The topological polar surface area (TPSA) is 96.4 Å². The summed E-state index contributed by atoms with van der Waals surface area (Å²) in [5.74, 6) is -2.53. The molecule has 1 spiro atoms. The molecule has 2 amide bonds. The Morgan fingerprint density at radius 2 is 1.91 bits per heavy atom. The Balaban J connectivity index is 2.11. The summed E-state index contributed by atoms with van der Waals surface area (Å²) in [6, 6.07) is -0.917. The Labute approximate surface area is 210 Å². The lowest BCUT2D eigenvalue weighted by molar-refractivity contribution is -0.163. The van der Waals surface area contributed by atoms with Crippen LogP contribution in [0.25, 0.3) is 0 Å². The van der Waals surface area contributed by atoms with Crippen molar-refractivity contribution in [1.29, 1.82) is 0 Å². The first kappa shape index (κ1) is 27.7. The summed E-state index contributed by atoms with van der Waals surface area (Å²) in [4.78, 5) is 44.7. The van der Waals surface area contributed by atoms with E-state index in [1.165, 1.54) is 4.90 Å². The van der Waals surface area contributed by atoms with E-state index in [9.17, 15) is 19.5 Å². The summed E-state index contributed by atoms with van der Waals surface area (Å²) >= 11 is 0. The molecule has 0 aromatic rings. The van der Waals surface area contributed by atoms with Gasteiger partial charge in [-0.15, -0.1) is 6.58 Å². The van der Waals surface area contributed by atoms with Gasteiger partial charge in [0, 0.05) is 18.6 Å². The molecule has 0 aromatic carbocycles. The molecule has 3 rings (SSSR count). The van der Waals surface area contributed by atoms with Crippen molar-refractivity contribution in [3.8, 4) is 0 Å². The standard InChI is InChI=1S/C27H44N2O6/c1-9-14-29(25(7,8)17-24(4,5)6)22(32)20-27-13-12-26(10-2,35-27)19(23(33)34-11-3)18(27)21(31)28(20)15-16-30/h9,18-20,30H,1,10-17H2,2-8H3/t18-,19+,20?,26-,27?/m0/s1. The highest BCUT2D eigenvalue weighted by Gasteiger charge is 2.79. The van der Waals surface area contributed by atoms with Gasteiger partial charge in [-0.05, 0) is 51.9 Å². The minimum Gasteiger partial charge on any atom is -0.466 e. The van der Waals surface area contributed by atoms with Crippen molar-refractivity contribution in [3.05, 3.63) is 12.7 Å². The molecular formula is C27H44N2O6. The highest BCUT2D eigenvalue weighted by molar-refractivity contribution is 5.98. The lowest BCUT2D eigenvalue weighted by Crippen LogP contribution is -2.61. The molecule has 2 bridgehead atoms. The summed E-state index contributed by atoms with van der Waals surface area (Å²) in [6.45, 7) is 18.3. The van der Waals surface area contributed by atoms with Crippen LogP contribution >= 0.6 is 0 Å². The van der Waals surface area contributed by atoms with Gasteiger partial charge in [-0.3, -0.25) is 14.4 Å². The number of ether oxygens (including phenoxy) is 2. The normalized spacial score (nSPS) is 32.1. The molecule has 0 radical (unpaired) electrons. The lowest BCUT2D eigenvalue weighted by Gasteiger charge is -2.45. The van der Waals surface area contributed by atoms with Crippen LogP contribution in [-0.4, -0.2) is 81.8 Å². The van der Waals surface area contributed by atoms with E-state index in [1.54, 1.807) is 17.9 Å². The molecule has 8 heteroatoms. The van der Waals surface area contributed by atoms with Crippen LogP contribution in [0.4, 0.5) is 0 Å². The van der Waals surface area contributed by atoms with Crippen molar-refractivity contribution < 1.29 is 29.0 Å². The number of amides is 2. The van der Waals surface area contributed by atoms with Gasteiger partial charge in [0.1, 0.15) is 17.6 Å². The van der Waals surface area contributed by atoms with Gasteiger partial charge >= 0.3 is 5.97 Å². The number of carbonyl (C=O) groups is 3. The number of aliphatic hydroxyl groups excluding tert-OH is 1. The molecule has 198 valence electrons. The van der Waals surface area contributed by atoms with Crippen LogP contribution in [-0.2, 0) is 23.9 Å². The Morgan fingerprint density at radius 1 is 1.26 bits per heavy atom. The number of nitrogens with zero attached hydrogens (tertiary/aromatic N) is 2. The molecule has 3 saturated heterocycles. The highest BCUT2D eigenvalue weighted by atomic mass is 16.6. The smallest absolute Gasteiger partial charge is 0.312 e. The first-order valence-electron chi connectivity index (χ1n) is 13.0. The molecule has 0 aromatic heterocycles. The molecule has 3 aliphatic rings. The van der Waals surface area contributed by atoms with E-state index in [1.807, 2.05) is 20.8 Å². The minimum absolute atomic E-state index is 0.00709. The molecule has 2 unspecified atom stereocenters. The molecule has 35 heavy (non-hydrogen) atoms. The largest absolute Gasteiger partial charge is 0.466 e. The van der Waals surface area contributed by atoms with Gasteiger partial charge in [0.15, 0.2) is 0 Å². The van der Waals surface area contributed by atoms with Crippen molar-refractivity contribution in [3.63, 3.8) is 0 Å². The minimum atomic E-state index is -1.12. The van der Waals surface area contributed by atoms with Crippen LogP contribution in [0.15, 0.2) is 12.7 Å². The second kappa shape index (κ2) is 9.51. The molecule has 5 atom stereocenters. The van der Waals surface area contributed by atoms with Gasteiger partial charge in [0.05, 0.1) is 24.7 Å². The summed E-state index contributed by atoms with van der Waals surface area (Å²) in [5, 5.41) is 9.82. The summed E-state index contributed by atoms with van der Waals surface area (Å²) in [5.41, 5.74) is -2.50. The van der Waals surface area contributed by atoms with Crippen molar-refractivity contribution in [2.75, 3.05) is 26.3 Å². The van der Waals surface area contributed by atoms with Gasteiger partial charge in [-0.25, -0.2) is 0 Å². The number of esters is 1. The monoisotopic (exact) mass is 492 g/mol. The van der Waals surface area contributed by atoms with Crippen LogP contribution in [0.1, 0.15) is 74.1 Å². The fourth-order valence-electron chi connectivity index (χ4n) is 7.24. The third-order valence-corrected chi connectivity index (χ3v) is 8.07. The second-order valence-electron chi connectivity index (χ2n) is 12.1. The average Bonchev–Trinajstić information content (AvgIpc) is 3.34. The lowest BCUT2D eigenvalue weighted by atomic mass is 9.65. The number of carbonyl (C=O) groups excluding carboxylic acids is 3. The quantitative estimate of drug-likeness (QED) is 0.372. The Kier molecular flexibility index (Phi) is 7.51. The van der Waals surface area contributed by atoms with Gasteiger partial charge in [-0.1, -0.05) is 33.8 Å². The van der Waals surface area contributed by atoms with Crippen LogP contribution < -0.4 is 0 Å². The van der Waals surface area contributed by atoms with E-state index in [0.717, 1.165) is 6.42 Å². The number of rotatable bonds is 10. The highest BCUT2D eigenvalue weighted by Crippen LogP contribution is 2.64. The van der Waals surface area contributed by atoms with Crippen LogP contribution in [0.2, 0.25) is 0 Å². The fourth-order valence-corrected chi connectivity index (χ4v) is 7.24. The first-order valence-corrected chi connectivity index (χ1v) is 13.0. The zero-order valence-corrected chi connectivity index (χ0v) is 22.6. The molecule has 3 aliphatic heterocycles. The zero-order chi connectivity index (χ0) is 26.4. The van der Waals surface area contributed by atoms with Crippen molar-refractivity contribution >= 4 is 17.8 Å². The van der Waals surface area contributed by atoms with Gasteiger partial charge in [0.2, 0.25) is 11.8 Å². The summed E-state index contributed by atoms with van der Waals surface area (Å²) in [6.07, 6.45) is 4.08. The van der Waals surface area contributed by atoms with E-state index in [2.05, 4.69) is 27.4 Å². The number of fused-ring (bicyclic) bond motifs is 1. The molecule has 0 saturated carbocycles. The SMILES string of the molecule is C=CCN(C(=O)C1N(CCO)C(=O)[C@@H]2[C@H](C(=O)OCC)[C@]3(CC)CCC12O3)C(C)(C)CC(C)(C)C. The van der Waals surface area contributed by atoms with Gasteiger partial charge < -0.3 is 24.4 Å². The zero-order valence-electron chi connectivity index (χ0n) is 22.6. The first-order chi connectivity index (χ1) is 16.2. The number of β-amino-alcohol motifs (C(OH)–C–C–N with tert-alkyl or cyclic N) is 1. The molecule has 1 N–H and O–H groups in total. The second-order valence-corrected chi connectivity index (χ2v) is 12.1. The van der Waals surface area contributed by atoms with Gasteiger partial charge in [0.25, 0.3) is 0 Å². The Hall–Kier alpha value is -1.93. The van der Waals surface area contributed by atoms with E-state index >= 15 is 0 Å². The predicted octanol–water partition coefficient (Wildman–Crippen LogP) is 2.93. The maximum Gasteiger partial charge on any atom is 0.312 e. The molecule has 0 aliphatic carbocycles. The van der Waals surface area contributed by atoms with E-state index in [4.69, 9.17) is 9.47 Å². The van der Waals surface area contributed by atoms with Crippen molar-refractivity contribution in [2.24, 2.45) is 17.3 Å². The van der Waals surface area contributed by atoms with Crippen LogP contribution in [0, 0.1) is 17.3 Å². The summed E-state index contributed by atoms with van der Waals surface area (Å²) in [7, 11) is 0. The Morgan fingerprint density at radius 3 is 2.43 bits per heavy atom. The number of likely N-dealkylation sites (tertiary alicyclic amines) is 1. The summed E-state index contributed by atoms with van der Waals surface area (Å²) < 4.78 is 12.1. The number of aliphatic hydroxyl groups is 1. The van der Waals surface area contributed by atoms with E-state index in [-0.39, 0.29) is 37.0 Å². The molecule has 3 fully saturated rings. The third kappa shape index (κ3) is 4.41. The maximum absolute atomic E-state index is 14.4. The predicted molar refractivity (Wildman–Crippen MR) is 132 cm³/mol. The van der Waals surface area contributed by atoms with Gasteiger partial charge in [-0.2, -0.15) is 0 Å². The maximum atomic E-state index is 14.4. The van der Waals surface area contributed by atoms with Crippen molar-refractivity contribution in [1.82, 2.24) is 9.80 Å². The van der Waals surface area contributed by atoms with E-state index < -0.39 is 40.6 Å². The molecular weight excluding hydrogens is 448 g/mol. The molecule has 3 heterocycles. The molecule has 8 nitrogen and oxygen atoms in total. The van der Waals surface area contributed by atoms with Crippen LogP contribution in [0.3, 0.4) is 0 Å². The third-order valence-electron chi connectivity index (χ3n) is 8.07. The van der Waals surface area contributed by atoms with Crippen molar-refractivity contribution in [2.45, 2.75) is 96.9 Å². The van der Waals surface area contributed by atoms with E-state index in [0.29, 0.717) is 25.8 Å². The number of hydrogen-bond acceptors (Lipinski definition) is 6. The number of hydrogen-bond donors (Lipinski definition) is 1.